The number of ether oxygens (including phenoxy) is 1. The molecule has 0 spiro atoms. The van der Waals surface area contributed by atoms with Gasteiger partial charge in [-0.25, -0.2) is 14.8 Å². The zero-order valence-electron chi connectivity index (χ0n) is 21.9. The van der Waals surface area contributed by atoms with Crippen molar-refractivity contribution in [2.45, 2.75) is 51.9 Å². The van der Waals surface area contributed by atoms with Gasteiger partial charge in [-0.1, -0.05) is 50.2 Å². The normalized spacial score (nSPS) is 18.9. The number of aromatic nitrogens is 2. The lowest BCUT2D eigenvalue weighted by molar-refractivity contribution is -0.172. The smallest absolute Gasteiger partial charge is 0.343 e. The van der Waals surface area contributed by atoms with Gasteiger partial charge in [0, 0.05) is 24.1 Å². The summed E-state index contributed by atoms with van der Waals surface area (Å²) in [6.45, 7) is 4.75. The molecule has 5 heterocycles. The van der Waals surface area contributed by atoms with Crippen molar-refractivity contribution in [1.82, 2.24) is 9.55 Å². The Hall–Kier alpha value is -4.30. The van der Waals surface area contributed by atoms with Gasteiger partial charge in [0.05, 0.1) is 45.8 Å². The van der Waals surface area contributed by atoms with E-state index in [9.17, 15) is 14.7 Å². The van der Waals surface area contributed by atoms with Crippen LogP contribution in [0.25, 0.3) is 22.3 Å². The second-order valence-corrected chi connectivity index (χ2v) is 10.3. The van der Waals surface area contributed by atoms with E-state index in [-0.39, 0.29) is 18.6 Å². The summed E-state index contributed by atoms with van der Waals surface area (Å²) in [4.78, 5) is 38.7. The molecule has 0 aliphatic carbocycles. The number of aliphatic imine (C=N–C) groups is 1. The van der Waals surface area contributed by atoms with E-state index in [2.05, 4.69) is 36.1 Å². The fraction of sp³-hybridized carbons (Fsp3) is 0.290. The predicted octanol–water partition coefficient (Wildman–Crippen LogP) is 4.58. The van der Waals surface area contributed by atoms with E-state index in [4.69, 9.17) is 14.7 Å². The van der Waals surface area contributed by atoms with Crippen molar-refractivity contribution in [3.63, 3.8) is 0 Å². The highest BCUT2D eigenvalue weighted by Gasteiger charge is 2.45. The average molecular weight is 521 g/mol. The molecule has 8 nitrogen and oxygen atoms in total. The molecule has 39 heavy (non-hydrogen) atoms. The maximum Gasteiger partial charge on any atom is 0.343 e. The summed E-state index contributed by atoms with van der Waals surface area (Å²) in [5, 5.41) is 12.2. The Morgan fingerprint density at radius 2 is 1.87 bits per heavy atom. The fourth-order valence-corrected chi connectivity index (χ4v) is 6.20. The van der Waals surface area contributed by atoms with Crippen molar-refractivity contribution in [1.29, 1.82) is 0 Å². The van der Waals surface area contributed by atoms with Gasteiger partial charge in [-0.15, -0.1) is 0 Å². The summed E-state index contributed by atoms with van der Waals surface area (Å²) >= 11 is 0. The molecular weight excluding hydrogens is 492 g/mol. The van der Waals surface area contributed by atoms with Crippen molar-refractivity contribution < 1.29 is 14.6 Å². The SMILES string of the molecule is CCC1=Nc2cccc3nc4c(c(c23)N1CCc1ccccc1)Cn1c-4cc2c(c1=O)COC(=O)[C@]2(O)CC. The molecule has 0 radical (unpaired) electrons. The molecular formula is C31H28N4O4. The third kappa shape index (κ3) is 3.34. The maximum absolute atomic E-state index is 13.8. The van der Waals surface area contributed by atoms with Crippen LogP contribution in [0.2, 0.25) is 0 Å². The summed E-state index contributed by atoms with van der Waals surface area (Å²) in [6.07, 6.45) is 1.70. The molecule has 2 aromatic heterocycles. The second kappa shape index (κ2) is 8.61. The molecule has 3 aliphatic rings. The Bertz CT molecular complexity index is 1780. The van der Waals surface area contributed by atoms with Gasteiger partial charge in [0.15, 0.2) is 5.60 Å². The molecule has 0 saturated heterocycles. The van der Waals surface area contributed by atoms with E-state index in [1.807, 2.05) is 24.3 Å². The molecule has 4 aromatic rings. The molecule has 0 saturated carbocycles. The van der Waals surface area contributed by atoms with Gasteiger partial charge in [0.25, 0.3) is 5.56 Å². The van der Waals surface area contributed by atoms with E-state index in [0.717, 1.165) is 53.1 Å². The van der Waals surface area contributed by atoms with Crippen LogP contribution in [0.4, 0.5) is 11.4 Å². The van der Waals surface area contributed by atoms with Gasteiger partial charge >= 0.3 is 5.97 Å². The Morgan fingerprint density at radius 1 is 1.05 bits per heavy atom. The van der Waals surface area contributed by atoms with Crippen LogP contribution in [0.5, 0.6) is 0 Å². The topological polar surface area (TPSA) is 97.0 Å². The minimum atomic E-state index is -1.85. The zero-order chi connectivity index (χ0) is 26.9. The van der Waals surface area contributed by atoms with Crippen LogP contribution in [0.1, 0.15) is 48.9 Å². The third-order valence-electron chi connectivity index (χ3n) is 8.28. The Balaban J connectivity index is 1.45. The van der Waals surface area contributed by atoms with E-state index in [1.54, 1.807) is 17.6 Å². The van der Waals surface area contributed by atoms with Crippen LogP contribution in [0, 0.1) is 0 Å². The number of hydrogen-bond acceptors (Lipinski definition) is 7. The highest BCUT2D eigenvalue weighted by atomic mass is 16.6. The highest BCUT2D eigenvalue weighted by molar-refractivity contribution is 6.16. The fourth-order valence-electron chi connectivity index (χ4n) is 6.20. The molecule has 7 rings (SSSR count). The maximum atomic E-state index is 13.8. The number of hydrogen-bond donors (Lipinski definition) is 1. The van der Waals surface area contributed by atoms with Crippen molar-refractivity contribution >= 4 is 34.1 Å². The molecule has 2 aromatic carbocycles. The Kier molecular flexibility index (Phi) is 5.25. The lowest BCUT2D eigenvalue weighted by atomic mass is 9.86. The second-order valence-electron chi connectivity index (χ2n) is 10.3. The van der Waals surface area contributed by atoms with Crippen LogP contribution in [0.15, 0.2) is 64.4 Å². The van der Waals surface area contributed by atoms with Gasteiger partial charge in [0.2, 0.25) is 0 Å². The van der Waals surface area contributed by atoms with Gasteiger partial charge < -0.3 is 19.3 Å². The number of rotatable bonds is 5. The molecule has 8 heteroatoms. The van der Waals surface area contributed by atoms with E-state index >= 15 is 0 Å². The monoisotopic (exact) mass is 520 g/mol. The number of pyridine rings is 2. The van der Waals surface area contributed by atoms with Crippen LogP contribution in [0.3, 0.4) is 0 Å². The van der Waals surface area contributed by atoms with Crippen LogP contribution >= 0.6 is 0 Å². The largest absolute Gasteiger partial charge is 0.458 e. The lowest BCUT2D eigenvalue weighted by Gasteiger charge is -2.32. The minimum Gasteiger partial charge on any atom is -0.458 e. The molecule has 0 amide bonds. The summed E-state index contributed by atoms with van der Waals surface area (Å²) < 4.78 is 6.94. The van der Waals surface area contributed by atoms with Crippen molar-refractivity contribution in [3.05, 3.63) is 87.2 Å². The minimum absolute atomic E-state index is 0.109. The van der Waals surface area contributed by atoms with Crippen LogP contribution in [-0.2, 0) is 34.7 Å². The zero-order valence-corrected chi connectivity index (χ0v) is 21.9. The lowest BCUT2D eigenvalue weighted by Crippen LogP contribution is -2.44. The standard InChI is InChI=1S/C31H28N4O4/c1-3-25-32-22-11-8-12-23-26(22)28(34(25)14-13-18-9-6-5-7-10-18)19-16-35-24(27(19)33-23)15-21-20(29(35)36)17-39-30(37)31(21,38)4-2/h5-12,15,38H,3-4,13-14,16-17H2,1-2H3/t31-/m0/s1. The summed E-state index contributed by atoms with van der Waals surface area (Å²) in [5.41, 5.74) is 4.77. The molecule has 3 aliphatic heterocycles. The molecule has 1 atom stereocenters. The van der Waals surface area contributed by atoms with Crippen molar-refractivity contribution in [3.8, 4) is 11.4 Å². The Morgan fingerprint density at radius 3 is 2.64 bits per heavy atom. The van der Waals surface area contributed by atoms with Crippen molar-refractivity contribution in [2.24, 2.45) is 4.99 Å². The average Bonchev–Trinajstić information content (AvgIpc) is 3.33. The predicted molar refractivity (Wildman–Crippen MR) is 149 cm³/mol. The van der Waals surface area contributed by atoms with E-state index in [1.165, 1.54) is 5.56 Å². The highest BCUT2D eigenvalue weighted by Crippen LogP contribution is 2.47. The van der Waals surface area contributed by atoms with Crippen LogP contribution in [-0.4, -0.2) is 33.0 Å². The van der Waals surface area contributed by atoms with E-state index < -0.39 is 11.6 Å². The quantitative estimate of drug-likeness (QED) is 0.341. The summed E-state index contributed by atoms with van der Waals surface area (Å²) in [5.74, 6) is 0.253. The first-order valence-corrected chi connectivity index (χ1v) is 13.5. The number of carbonyl (C=O) groups is 1. The molecule has 0 fully saturated rings. The number of anilines is 1. The summed E-state index contributed by atoms with van der Waals surface area (Å²) in [7, 11) is 0. The third-order valence-corrected chi connectivity index (χ3v) is 8.28. The molecule has 196 valence electrons. The number of fused-ring (bicyclic) bond motifs is 5. The molecule has 1 N–H and O–H groups in total. The summed E-state index contributed by atoms with van der Waals surface area (Å²) in [6, 6.07) is 18.1. The number of cyclic esters (lactones) is 1. The first-order chi connectivity index (χ1) is 18.9. The number of carbonyl (C=O) groups excluding carboxylic acids is 1. The van der Waals surface area contributed by atoms with Gasteiger partial charge in [-0.2, -0.15) is 0 Å². The first kappa shape index (κ1) is 23.8. The molecule has 0 unspecified atom stereocenters. The number of benzene rings is 2. The van der Waals surface area contributed by atoms with Gasteiger partial charge in [0.1, 0.15) is 12.4 Å². The number of esters is 1. The first-order valence-electron chi connectivity index (χ1n) is 13.5. The van der Waals surface area contributed by atoms with Crippen molar-refractivity contribution in [2.75, 3.05) is 11.4 Å². The van der Waals surface area contributed by atoms with Gasteiger partial charge in [-0.05, 0) is 36.6 Å². The van der Waals surface area contributed by atoms with Crippen LogP contribution < -0.4 is 10.5 Å². The Labute approximate surface area is 225 Å². The number of amidine groups is 1. The van der Waals surface area contributed by atoms with Gasteiger partial charge in [-0.3, -0.25) is 4.79 Å². The number of nitrogens with zero attached hydrogens (tertiary/aromatic N) is 4. The number of aliphatic hydroxyl groups is 1. The van der Waals surface area contributed by atoms with E-state index in [0.29, 0.717) is 29.1 Å². The molecule has 0 bridgehead atoms.